The normalized spacial score (nSPS) is 11.1. The van der Waals surface area contributed by atoms with Gasteiger partial charge in [-0.15, -0.1) is 0 Å². The predicted octanol–water partition coefficient (Wildman–Crippen LogP) is 6.19. The molecule has 0 fully saturated rings. The van der Waals surface area contributed by atoms with E-state index in [2.05, 4.69) is 0 Å². The van der Waals surface area contributed by atoms with Crippen LogP contribution in [0.4, 0.5) is 17.6 Å². The minimum absolute atomic E-state index is 0.0945. The summed E-state index contributed by atoms with van der Waals surface area (Å²) in [6, 6.07) is 14.7. The van der Waals surface area contributed by atoms with Gasteiger partial charge in [-0.1, -0.05) is 31.2 Å². The average Bonchev–Trinajstić information content (AvgIpc) is 2.68. The number of benzene rings is 3. The molecule has 3 aromatic rings. The van der Waals surface area contributed by atoms with Gasteiger partial charge in [-0.05, 0) is 59.5 Å². The van der Waals surface area contributed by atoms with Gasteiger partial charge >= 0.3 is 6.11 Å². The van der Waals surface area contributed by atoms with Crippen molar-refractivity contribution in [3.8, 4) is 22.9 Å². The van der Waals surface area contributed by atoms with Crippen molar-refractivity contribution in [1.29, 1.82) is 5.26 Å². The van der Waals surface area contributed by atoms with E-state index in [1.807, 2.05) is 6.92 Å². The second-order valence-electron chi connectivity index (χ2n) is 6.12. The molecule has 0 aliphatic carbocycles. The largest absolute Gasteiger partial charge is 0.429 e. The molecule has 0 saturated carbocycles. The molecular weight excluding hydrogens is 370 g/mol. The van der Waals surface area contributed by atoms with Gasteiger partial charge in [0.05, 0.1) is 5.56 Å². The number of nitriles is 1. The fourth-order valence-corrected chi connectivity index (χ4v) is 2.70. The Hall–Kier alpha value is -3.33. The van der Waals surface area contributed by atoms with Gasteiger partial charge in [0.25, 0.3) is 0 Å². The third kappa shape index (κ3) is 3.99. The van der Waals surface area contributed by atoms with Gasteiger partial charge in [-0.3, -0.25) is 0 Å². The zero-order chi connectivity index (χ0) is 20.3. The second-order valence-corrected chi connectivity index (χ2v) is 6.12. The molecule has 0 atom stereocenters. The Labute approximate surface area is 159 Å². The topological polar surface area (TPSA) is 33.0 Å². The molecule has 0 bridgehead atoms. The summed E-state index contributed by atoms with van der Waals surface area (Å²) in [4.78, 5) is 0. The van der Waals surface area contributed by atoms with Gasteiger partial charge in [0.1, 0.15) is 29.0 Å². The quantitative estimate of drug-likeness (QED) is 0.490. The highest BCUT2D eigenvalue weighted by molar-refractivity contribution is 5.65. The summed E-state index contributed by atoms with van der Waals surface area (Å²) in [5.41, 5.74) is 0.570. The Bertz CT molecular complexity index is 999. The number of rotatable bonds is 5. The van der Waals surface area contributed by atoms with Crippen LogP contribution in [0, 0.1) is 23.0 Å². The molecule has 0 N–H and O–H groups in total. The van der Waals surface area contributed by atoms with E-state index in [9.17, 15) is 17.6 Å². The first-order chi connectivity index (χ1) is 13.3. The maximum Gasteiger partial charge on any atom is 0.426 e. The molecule has 0 unspecified atom stereocenters. The maximum absolute atomic E-state index is 14.3. The predicted molar refractivity (Wildman–Crippen MR) is 96.9 cm³/mol. The van der Waals surface area contributed by atoms with Crippen LogP contribution in [-0.4, -0.2) is 0 Å². The standard InChI is InChI=1S/C22H15F4NO/c1-2-14-3-7-17(8-4-14)22(25,26)28-18-9-5-15(6-10-18)16-11-20(23)19(13-27)21(24)12-16/h3-12H,2H2,1H3. The van der Waals surface area contributed by atoms with E-state index in [1.54, 1.807) is 12.1 Å². The molecular formula is C22H15F4NO. The zero-order valence-electron chi connectivity index (χ0n) is 14.8. The Morgan fingerprint density at radius 2 is 1.46 bits per heavy atom. The van der Waals surface area contributed by atoms with Gasteiger partial charge in [0.15, 0.2) is 0 Å². The van der Waals surface area contributed by atoms with Gasteiger partial charge in [0.2, 0.25) is 0 Å². The van der Waals surface area contributed by atoms with E-state index in [0.717, 1.165) is 24.1 Å². The molecule has 0 aromatic heterocycles. The summed E-state index contributed by atoms with van der Waals surface area (Å²) in [5.74, 6) is -2.07. The SMILES string of the molecule is CCc1ccc(C(F)(F)Oc2ccc(-c3cc(F)c(C#N)c(F)c3)cc2)cc1. The fraction of sp³-hybridized carbons (Fsp3) is 0.136. The van der Waals surface area contributed by atoms with Crippen LogP contribution in [0.5, 0.6) is 5.75 Å². The summed E-state index contributed by atoms with van der Waals surface area (Å²) < 4.78 is 61.0. The molecule has 142 valence electrons. The molecule has 0 aliphatic heterocycles. The van der Waals surface area contributed by atoms with E-state index in [1.165, 1.54) is 42.5 Å². The molecule has 3 rings (SSSR count). The number of ether oxygens (including phenoxy) is 1. The number of hydrogen-bond acceptors (Lipinski definition) is 2. The van der Waals surface area contributed by atoms with Crippen molar-refractivity contribution in [2.75, 3.05) is 0 Å². The van der Waals surface area contributed by atoms with Crippen LogP contribution in [0.25, 0.3) is 11.1 Å². The molecule has 0 heterocycles. The molecule has 6 heteroatoms. The highest BCUT2D eigenvalue weighted by atomic mass is 19.3. The molecule has 0 aliphatic rings. The Kier molecular flexibility index (Phi) is 5.36. The first-order valence-electron chi connectivity index (χ1n) is 8.50. The maximum atomic E-state index is 14.3. The minimum atomic E-state index is -3.53. The van der Waals surface area contributed by atoms with E-state index in [-0.39, 0.29) is 16.9 Å². The van der Waals surface area contributed by atoms with E-state index in [4.69, 9.17) is 10.00 Å². The van der Waals surface area contributed by atoms with Crippen LogP contribution in [0.15, 0.2) is 60.7 Å². The number of halogens is 4. The molecule has 3 aromatic carbocycles. The molecule has 28 heavy (non-hydrogen) atoms. The van der Waals surface area contributed by atoms with Gasteiger partial charge < -0.3 is 4.74 Å². The molecule has 0 amide bonds. The lowest BCUT2D eigenvalue weighted by Crippen LogP contribution is -2.21. The van der Waals surface area contributed by atoms with Crippen molar-refractivity contribution in [1.82, 2.24) is 0 Å². The zero-order valence-corrected chi connectivity index (χ0v) is 14.8. The van der Waals surface area contributed by atoms with Crippen molar-refractivity contribution < 1.29 is 22.3 Å². The van der Waals surface area contributed by atoms with Crippen LogP contribution in [-0.2, 0) is 12.5 Å². The van der Waals surface area contributed by atoms with Gasteiger partial charge in [0, 0.05) is 0 Å². The van der Waals surface area contributed by atoms with Crippen LogP contribution >= 0.6 is 0 Å². The van der Waals surface area contributed by atoms with Crippen molar-refractivity contribution >= 4 is 0 Å². The first-order valence-corrected chi connectivity index (χ1v) is 8.50. The lowest BCUT2D eigenvalue weighted by Gasteiger charge is -2.18. The van der Waals surface area contributed by atoms with Gasteiger partial charge in [-0.25, -0.2) is 8.78 Å². The molecule has 2 nitrogen and oxygen atoms in total. The van der Waals surface area contributed by atoms with Crippen LogP contribution in [0.2, 0.25) is 0 Å². The summed E-state index contributed by atoms with van der Waals surface area (Å²) in [5, 5.41) is 8.71. The monoisotopic (exact) mass is 385 g/mol. The number of hydrogen-bond donors (Lipinski definition) is 0. The van der Waals surface area contributed by atoms with Crippen LogP contribution in [0.3, 0.4) is 0 Å². The lowest BCUT2D eigenvalue weighted by atomic mass is 10.0. The highest BCUT2D eigenvalue weighted by Gasteiger charge is 2.34. The van der Waals surface area contributed by atoms with Crippen LogP contribution < -0.4 is 4.74 Å². The van der Waals surface area contributed by atoms with Crippen molar-refractivity contribution in [2.45, 2.75) is 19.5 Å². The summed E-state index contributed by atoms with van der Waals surface area (Å²) in [7, 11) is 0. The van der Waals surface area contributed by atoms with Crippen molar-refractivity contribution in [3.05, 3.63) is 89.0 Å². The minimum Gasteiger partial charge on any atom is -0.429 e. The lowest BCUT2D eigenvalue weighted by molar-refractivity contribution is -0.185. The first kappa shape index (κ1) is 19.4. The Morgan fingerprint density at radius 3 is 1.96 bits per heavy atom. The van der Waals surface area contributed by atoms with E-state index < -0.39 is 23.3 Å². The third-order valence-electron chi connectivity index (χ3n) is 4.29. The smallest absolute Gasteiger partial charge is 0.426 e. The Morgan fingerprint density at radius 1 is 0.893 bits per heavy atom. The summed E-state index contributed by atoms with van der Waals surface area (Å²) in [6.07, 6.45) is -2.79. The molecule has 0 spiro atoms. The second kappa shape index (κ2) is 7.73. The Balaban J connectivity index is 1.81. The summed E-state index contributed by atoms with van der Waals surface area (Å²) in [6.45, 7) is 1.93. The number of alkyl halides is 2. The van der Waals surface area contributed by atoms with Crippen molar-refractivity contribution in [3.63, 3.8) is 0 Å². The van der Waals surface area contributed by atoms with Crippen molar-refractivity contribution in [2.24, 2.45) is 0 Å². The third-order valence-corrected chi connectivity index (χ3v) is 4.29. The van der Waals surface area contributed by atoms with Crippen LogP contribution in [0.1, 0.15) is 23.6 Å². The van der Waals surface area contributed by atoms with E-state index in [0.29, 0.717) is 5.56 Å². The molecule has 0 radical (unpaired) electrons. The number of nitrogens with zero attached hydrogens (tertiary/aromatic N) is 1. The van der Waals surface area contributed by atoms with Gasteiger partial charge in [-0.2, -0.15) is 14.0 Å². The average molecular weight is 385 g/mol. The summed E-state index contributed by atoms with van der Waals surface area (Å²) >= 11 is 0. The van der Waals surface area contributed by atoms with E-state index >= 15 is 0 Å². The fourth-order valence-electron chi connectivity index (χ4n) is 2.70. The highest BCUT2D eigenvalue weighted by Crippen LogP contribution is 2.33. The molecule has 0 saturated heterocycles. The number of aryl methyl sites for hydroxylation is 1.